The average Bonchev–Trinajstić information content (AvgIpc) is 3.45. The van der Waals surface area contributed by atoms with Gasteiger partial charge in [0.05, 0.1) is 51.0 Å². The molecule has 2 aliphatic rings. The number of hydrogen-bond donors (Lipinski definition) is 0. The fourth-order valence-electron chi connectivity index (χ4n) is 6.14. The molecule has 18 heteroatoms. The highest BCUT2D eigenvalue weighted by Gasteiger charge is 2.54. The van der Waals surface area contributed by atoms with Gasteiger partial charge in [0, 0.05) is 13.2 Å². The van der Waals surface area contributed by atoms with Gasteiger partial charge in [-0.15, -0.1) is 0 Å². The minimum absolute atomic E-state index is 0.000155. The molecular weight excluding hydrogens is 781 g/mol. The monoisotopic (exact) mass is 841 g/mol. The van der Waals surface area contributed by atoms with Crippen molar-refractivity contribution < 1.29 is 64.5 Å². The number of aryl methyl sites for hydroxylation is 1. The molecule has 4 rings (SSSR count). The SMILES string of the molecule is CCOCOCc1c(C)cc(S(=O)(=NCC(=O)OC(C)(C)C)c2cc(B3OC(C)(C)C(C)(C)O3)c(COCOCC)c(C(F)(F)F)c2)cc1B1OC(C)(C)C(C)(C)O1. The number of benzene rings is 2. The van der Waals surface area contributed by atoms with Gasteiger partial charge in [-0.1, -0.05) is 0 Å². The maximum atomic E-state index is 15.9. The van der Waals surface area contributed by atoms with Crippen molar-refractivity contribution >= 4 is 40.9 Å². The van der Waals surface area contributed by atoms with Gasteiger partial charge in [-0.25, -0.2) is 8.57 Å². The number of esters is 1. The molecule has 0 saturated carbocycles. The molecule has 0 N–H and O–H groups in total. The number of alkyl halides is 3. The van der Waals surface area contributed by atoms with Gasteiger partial charge in [0.15, 0.2) is 0 Å². The first kappa shape index (κ1) is 48.1. The number of hydrogen-bond acceptors (Lipinski definition) is 12. The summed E-state index contributed by atoms with van der Waals surface area (Å²) in [5.74, 6) is -0.827. The summed E-state index contributed by atoms with van der Waals surface area (Å²) < 4.78 is 120. The lowest BCUT2D eigenvalue weighted by Gasteiger charge is -2.32. The second kappa shape index (κ2) is 17.8. The zero-order valence-corrected chi connectivity index (χ0v) is 37.2. The van der Waals surface area contributed by atoms with Crippen LogP contribution in [0.1, 0.15) is 112 Å². The van der Waals surface area contributed by atoms with Gasteiger partial charge < -0.3 is 42.3 Å². The van der Waals surface area contributed by atoms with Crippen LogP contribution in [0.2, 0.25) is 0 Å². The highest BCUT2D eigenvalue weighted by atomic mass is 32.2. The Morgan fingerprint density at radius 3 is 1.53 bits per heavy atom. The Morgan fingerprint density at radius 1 is 0.707 bits per heavy atom. The van der Waals surface area contributed by atoms with E-state index in [2.05, 4.69) is 4.36 Å². The van der Waals surface area contributed by atoms with Crippen LogP contribution in [-0.2, 0) is 76.2 Å². The van der Waals surface area contributed by atoms with E-state index in [9.17, 15) is 4.79 Å². The van der Waals surface area contributed by atoms with Crippen molar-refractivity contribution in [1.29, 1.82) is 0 Å². The lowest BCUT2D eigenvalue weighted by Crippen LogP contribution is -2.41. The lowest BCUT2D eigenvalue weighted by molar-refractivity contribution is -0.152. The minimum atomic E-state index is -4.98. The Hall–Kier alpha value is -2.54. The first-order valence-corrected chi connectivity index (χ1v) is 20.9. The Kier molecular flexibility index (Phi) is 14.8. The van der Waals surface area contributed by atoms with Gasteiger partial charge in [0.2, 0.25) is 0 Å². The second-order valence-corrected chi connectivity index (χ2v) is 19.6. The molecule has 2 aromatic rings. The first-order chi connectivity index (χ1) is 26.6. The van der Waals surface area contributed by atoms with E-state index < -0.39 is 82.8 Å². The van der Waals surface area contributed by atoms with Crippen LogP contribution in [0.5, 0.6) is 0 Å². The van der Waals surface area contributed by atoms with Crippen LogP contribution in [0.3, 0.4) is 0 Å². The molecule has 324 valence electrons. The van der Waals surface area contributed by atoms with E-state index in [4.69, 9.17) is 42.3 Å². The van der Waals surface area contributed by atoms with Crippen molar-refractivity contribution in [2.45, 2.75) is 154 Å². The van der Waals surface area contributed by atoms with Crippen LogP contribution in [0, 0.1) is 6.92 Å². The molecule has 1 atom stereocenters. The normalized spacial score (nSPS) is 19.7. The fraction of sp³-hybridized carbons (Fsp3) is 0.675. The van der Waals surface area contributed by atoms with Crippen LogP contribution >= 0.6 is 0 Å². The van der Waals surface area contributed by atoms with Crippen molar-refractivity contribution in [2.24, 2.45) is 4.36 Å². The van der Waals surface area contributed by atoms with Crippen molar-refractivity contribution in [2.75, 3.05) is 33.3 Å². The first-order valence-electron chi connectivity index (χ1n) is 19.4. The van der Waals surface area contributed by atoms with Crippen LogP contribution in [0.4, 0.5) is 13.2 Å². The van der Waals surface area contributed by atoms with Gasteiger partial charge in [-0.3, -0.25) is 4.79 Å². The lowest BCUT2D eigenvalue weighted by atomic mass is 9.74. The third-order valence-electron chi connectivity index (χ3n) is 10.7. The fourth-order valence-corrected chi connectivity index (χ4v) is 8.19. The summed E-state index contributed by atoms with van der Waals surface area (Å²) in [5, 5.41) is 0. The maximum Gasteiger partial charge on any atom is 0.495 e. The number of carbonyl (C=O) groups excluding carboxylic acids is 1. The van der Waals surface area contributed by atoms with E-state index in [1.807, 2.05) is 34.6 Å². The molecular formula is C40H60B2F3NO11S. The molecule has 1 unspecified atom stereocenters. The zero-order chi connectivity index (χ0) is 43.7. The summed E-state index contributed by atoms with van der Waals surface area (Å²) in [6.45, 7) is 24.1. The number of nitrogens with zero attached hydrogens (tertiary/aromatic N) is 1. The van der Waals surface area contributed by atoms with Gasteiger partial charge in [-0.2, -0.15) is 13.2 Å². The largest absolute Gasteiger partial charge is 0.495 e. The highest BCUT2D eigenvalue weighted by Crippen LogP contribution is 2.41. The molecule has 0 radical (unpaired) electrons. The summed E-state index contributed by atoms with van der Waals surface area (Å²) in [7, 11) is -6.48. The maximum absolute atomic E-state index is 15.9. The Labute approximate surface area is 342 Å². The molecule has 2 heterocycles. The summed E-state index contributed by atoms with van der Waals surface area (Å²) in [5.41, 5.74) is -4.28. The molecule has 0 aliphatic carbocycles. The Balaban J connectivity index is 2.08. The molecule has 0 bridgehead atoms. The smallest absolute Gasteiger partial charge is 0.459 e. The van der Waals surface area contributed by atoms with Crippen molar-refractivity contribution in [3.05, 3.63) is 46.5 Å². The molecule has 0 amide bonds. The van der Waals surface area contributed by atoms with Crippen LogP contribution < -0.4 is 10.9 Å². The predicted octanol–water partition coefficient (Wildman–Crippen LogP) is 6.86. The molecule has 2 aromatic carbocycles. The molecule has 2 fully saturated rings. The summed E-state index contributed by atoms with van der Waals surface area (Å²) >= 11 is 0. The predicted molar refractivity (Wildman–Crippen MR) is 214 cm³/mol. The van der Waals surface area contributed by atoms with Crippen LogP contribution in [0.15, 0.2) is 38.4 Å². The summed E-state index contributed by atoms with van der Waals surface area (Å²) in [6, 6.07) is 5.23. The van der Waals surface area contributed by atoms with Gasteiger partial charge in [0.1, 0.15) is 35.5 Å². The third-order valence-corrected chi connectivity index (χ3v) is 13.0. The molecule has 12 nitrogen and oxygen atoms in total. The topological polar surface area (TPSA) is 130 Å². The van der Waals surface area contributed by atoms with E-state index in [-0.39, 0.29) is 47.6 Å². The number of ether oxygens (including phenoxy) is 5. The van der Waals surface area contributed by atoms with Gasteiger partial charge in [0.25, 0.3) is 0 Å². The molecule has 2 saturated heterocycles. The van der Waals surface area contributed by atoms with Crippen LogP contribution in [0.25, 0.3) is 0 Å². The van der Waals surface area contributed by atoms with E-state index in [0.29, 0.717) is 23.2 Å². The highest BCUT2D eigenvalue weighted by molar-refractivity contribution is 7.93. The van der Waals surface area contributed by atoms with E-state index in [0.717, 1.165) is 6.07 Å². The summed E-state index contributed by atoms with van der Waals surface area (Å²) in [4.78, 5) is 12.8. The quantitative estimate of drug-likeness (QED) is 0.0761. The van der Waals surface area contributed by atoms with Crippen molar-refractivity contribution in [1.82, 2.24) is 0 Å². The molecule has 0 aromatic heterocycles. The number of halogens is 3. The molecule has 0 spiro atoms. The Bertz CT molecular complexity index is 1890. The Morgan fingerprint density at radius 2 is 1.12 bits per heavy atom. The van der Waals surface area contributed by atoms with Crippen LogP contribution in [-0.4, -0.2) is 85.8 Å². The molecule has 58 heavy (non-hydrogen) atoms. The van der Waals surface area contributed by atoms with E-state index >= 15 is 17.4 Å². The average molecular weight is 842 g/mol. The van der Waals surface area contributed by atoms with E-state index in [1.54, 1.807) is 68.4 Å². The number of carbonyl (C=O) groups is 1. The summed E-state index contributed by atoms with van der Waals surface area (Å²) in [6.07, 6.45) is -4.98. The number of rotatable bonds is 16. The molecule has 2 aliphatic heterocycles. The third kappa shape index (κ3) is 10.8. The standard InChI is InChI=1S/C40H60B2F3NO11S/c1-15-49-24-51-22-29-26(3)17-27(19-32(29)41-54-36(7,8)37(9,10)55-41)58(48,46-21-34(47)53-35(4,5)6)28-18-31(40(43,44)45)30(23-52-25-50-16-2)33(20-28)42-56-38(11,12)39(13,14)57-42/h17-20H,15-16,21-25H2,1-14H3. The van der Waals surface area contributed by atoms with Crippen molar-refractivity contribution in [3.8, 4) is 0 Å². The van der Waals surface area contributed by atoms with E-state index in [1.165, 1.54) is 12.1 Å². The second-order valence-electron chi connectivity index (χ2n) is 17.3. The van der Waals surface area contributed by atoms with Gasteiger partial charge in [-0.05, 0) is 149 Å². The van der Waals surface area contributed by atoms with Gasteiger partial charge >= 0.3 is 26.4 Å². The zero-order valence-electron chi connectivity index (χ0n) is 36.4. The minimum Gasteiger partial charge on any atom is -0.459 e. The van der Waals surface area contributed by atoms with Crippen molar-refractivity contribution in [3.63, 3.8) is 0 Å².